The van der Waals surface area contributed by atoms with Crippen LogP contribution >= 0.6 is 0 Å². The van der Waals surface area contributed by atoms with E-state index in [0.717, 1.165) is 32.4 Å². The first kappa shape index (κ1) is 15.8. The van der Waals surface area contributed by atoms with Crippen LogP contribution in [0.25, 0.3) is 0 Å². The van der Waals surface area contributed by atoms with Gasteiger partial charge < -0.3 is 16.0 Å². The summed E-state index contributed by atoms with van der Waals surface area (Å²) in [5.41, 5.74) is 5.87. The van der Waals surface area contributed by atoms with Gasteiger partial charge in [-0.25, -0.2) is 0 Å². The molecule has 4 nitrogen and oxygen atoms in total. The van der Waals surface area contributed by atoms with Gasteiger partial charge in [0.05, 0.1) is 0 Å². The number of carbonyl (C=O) groups is 1. The van der Waals surface area contributed by atoms with E-state index in [-0.39, 0.29) is 17.4 Å². The second-order valence-electron chi connectivity index (χ2n) is 7.00. The molecule has 0 aromatic heterocycles. The summed E-state index contributed by atoms with van der Waals surface area (Å²) in [6.45, 7) is 1.57. The first-order valence-electron chi connectivity index (χ1n) is 8.22. The van der Waals surface area contributed by atoms with Gasteiger partial charge in [-0.3, -0.25) is 4.79 Å². The van der Waals surface area contributed by atoms with Crippen molar-refractivity contribution < 1.29 is 4.79 Å². The standard InChI is InChI=1S/C16H31N3O/c1-19(2)16(8-4-9-16)12-18-15(20)14-6-3-5-13(11-14)7-10-17/h13-14H,3-12,17H2,1-2H3,(H,18,20). The Labute approximate surface area is 123 Å². The molecule has 2 aliphatic rings. The highest BCUT2D eigenvalue weighted by Crippen LogP contribution is 2.36. The van der Waals surface area contributed by atoms with Gasteiger partial charge in [0.15, 0.2) is 0 Å². The Hall–Kier alpha value is -0.610. The Balaban J connectivity index is 1.79. The second kappa shape index (κ2) is 6.90. The average Bonchev–Trinajstić information content (AvgIpc) is 2.37. The van der Waals surface area contributed by atoms with E-state index in [1.807, 2.05) is 0 Å². The monoisotopic (exact) mass is 281 g/mol. The molecule has 116 valence electrons. The van der Waals surface area contributed by atoms with E-state index in [2.05, 4.69) is 24.3 Å². The van der Waals surface area contributed by atoms with E-state index < -0.39 is 0 Å². The van der Waals surface area contributed by atoms with Gasteiger partial charge >= 0.3 is 0 Å². The predicted molar refractivity (Wildman–Crippen MR) is 82.4 cm³/mol. The Morgan fingerprint density at radius 1 is 1.30 bits per heavy atom. The van der Waals surface area contributed by atoms with Gasteiger partial charge in [0, 0.05) is 18.0 Å². The quantitative estimate of drug-likeness (QED) is 0.780. The van der Waals surface area contributed by atoms with Crippen molar-refractivity contribution in [3.8, 4) is 0 Å². The minimum absolute atomic E-state index is 0.222. The number of nitrogens with zero attached hydrogens (tertiary/aromatic N) is 1. The van der Waals surface area contributed by atoms with Gasteiger partial charge in [0.25, 0.3) is 0 Å². The van der Waals surface area contributed by atoms with Gasteiger partial charge in [-0.05, 0) is 65.1 Å². The topological polar surface area (TPSA) is 58.4 Å². The van der Waals surface area contributed by atoms with Crippen molar-refractivity contribution in [1.29, 1.82) is 0 Å². The molecule has 1 amide bonds. The molecule has 0 spiro atoms. The summed E-state index contributed by atoms with van der Waals surface area (Å²) in [6.07, 6.45) is 9.31. The van der Waals surface area contributed by atoms with Crippen molar-refractivity contribution in [1.82, 2.24) is 10.2 Å². The zero-order valence-electron chi connectivity index (χ0n) is 13.2. The fourth-order valence-electron chi connectivity index (χ4n) is 3.79. The summed E-state index contributed by atoms with van der Waals surface area (Å²) < 4.78 is 0. The minimum Gasteiger partial charge on any atom is -0.354 e. The molecule has 0 heterocycles. The van der Waals surface area contributed by atoms with E-state index in [1.165, 1.54) is 32.1 Å². The van der Waals surface area contributed by atoms with Gasteiger partial charge in [-0.15, -0.1) is 0 Å². The van der Waals surface area contributed by atoms with E-state index in [4.69, 9.17) is 5.73 Å². The lowest BCUT2D eigenvalue weighted by Gasteiger charge is -2.47. The van der Waals surface area contributed by atoms with Crippen molar-refractivity contribution in [2.75, 3.05) is 27.2 Å². The van der Waals surface area contributed by atoms with Gasteiger partial charge in [-0.1, -0.05) is 12.8 Å². The molecule has 2 aliphatic carbocycles. The van der Waals surface area contributed by atoms with E-state index >= 15 is 0 Å². The molecule has 2 unspecified atom stereocenters. The molecular weight excluding hydrogens is 250 g/mol. The first-order valence-corrected chi connectivity index (χ1v) is 8.22. The number of hydrogen-bond donors (Lipinski definition) is 2. The minimum atomic E-state index is 0.222. The van der Waals surface area contributed by atoms with Crippen LogP contribution in [-0.2, 0) is 4.79 Å². The number of amides is 1. The van der Waals surface area contributed by atoms with Crippen LogP contribution in [0, 0.1) is 11.8 Å². The van der Waals surface area contributed by atoms with Crippen LogP contribution in [0.3, 0.4) is 0 Å². The van der Waals surface area contributed by atoms with Crippen LogP contribution in [0.15, 0.2) is 0 Å². The summed E-state index contributed by atoms with van der Waals surface area (Å²) in [5.74, 6) is 1.16. The molecule has 4 heteroatoms. The zero-order valence-corrected chi connectivity index (χ0v) is 13.2. The number of nitrogens with one attached hydrogen (secondary N) is 1. The summed E-state index contributed by atoms with van der Waals surface area (Å²) in [7, 11) is 4.26. The summed E-state index contributed by atoms with van der Waals surface area (Å²) >= 11 is 0. The van der Waals surface area contributed by atoms with Crippen LogP contribution in [-0.4, -0.2) is 43.5 Å². The third-order valence-electron chi connectivity index (χ3n) is 5.55. The highest BCUT2D eigenvalue weighted by Gasteiger charge is 2.39. The lowest BCUT2D eigenvalue weighted by Crippen LogP contribution is -2.57. The molecule has 20 heavy (non-hydrogen) atoms. The summed E-state index contributed by atoms with van der Waals surface area (Å²) in [6, 6.07) is 0. The van der Waals surface area contributed by atoms with Crippen LogP contribution in [0.2, 0.25) is 0 Å². The smallest absolute Gasteiger partial charge is 0.223 e. The molecule has 0 radical (unpaired) electrons. The molecule has 0 aromatic carbocycles. The largest absolute Gasteiger partial charge is 0.354 e. The molecule has 2 fully saturated rings. The SMILES string of the molecule is CN(C)C1(CNC(=O)C2CCCC(CCN)C2)CCC1. The van der Waals surface area contributed by atoms with Crippen molar-refractivity contribution in [3.63, 3.8) is 0 Å². The number of nitrogens with two attached hydrogens (primary N) is 1. The Morgan fingerprint density at radius 2 is 2.05 bits per heavy atom. The molecule has 0 aromatic rings. The normalized spacial score (nSPS) is 29.0. The number of carbonyl (C=O) groups excluding carboxylic acids is 1. The van der Waals surface area contributed by atoms with Crippen molar-refractivity contribution in [3.05, 3.63) is 0 Å². The Kier molecular flexibility index (Phi) is 5.44. The lowest BCUT2D eigenvalue weighted by molar-refractivity contribution is -0.127. The maximum Gasteiger partial charge on any atom is 0.223 e. The second-order valence-corrected chi connectivity index (χ2v) is 7.00. The van der Waals surface area contributed by atoms with Crippen molar-refractivity contribution in [2.24, 2.45) is 17.6 Å². The highest BCUT2D eigenvalue weighted by atomic mass is 16.1. The summed E-state index contributed by atoms with van der Waals surface area (Å²) in [4.78, 5) is 14.7. The molecule has 3 N–H and O–H groups in total. The van der Waals surface area contributed by atoms with E-state index in [9.17, 15) is 4.79 Å². The third-order valence-corrected chi connectivity index (χ3v) is 5.55. The number of hydrogen-bond acceptors (Lipinski definition) is 3. The lowest BCUT2D eigenvalue weighted by atomic mass is 9.75. The molecule has 0 aliphatic heterocycles. The zero-order chi connectivity index (χ0) is 14.6. The average molecular weight is 281 g/mol. The van der Waals surface area contributed by atoms with Crippen molar-refractivity contribution in [2.45, 2.75) is 56.9 Å². The Bertz CT molecular complexity index is 324. The summed E-state index contributed by atoms with van der Waals surface area (Å²) in [5, 5.41) is 3.23. The fraction of sp³-hybridized carbons (Fsp3) is 0.938. The molecule has 0 bridgehead atoms. The number of rotatable bonds is 6. The predicted octanol–water partition coefficient (Wildman–Crippen LogP) is 1.74. The Morgan fingerprint density at radius 3 is 2.60 bits per heavy atom. The van der Waals surface area contributed by atoms with Crippen LogP contribution < -0.4 is 11.1 Å². The van der Waals surface area contributed by atoms with Gasteiger partial charge in [0.1, 0.15) is 0 Å². The molecule has 0 saturated heterocycles. The highest BCUT2D eigenvalue weighted by molar-refractivity contribution is 5.78. The first-order chi connectivity index (χ1) is 9.57. The van der Waals surface area contributed by atoms with Crippen LogP contribution in [0.4, 0.5) is 0 Å². The van der Waals surface area contributed by atoms with E-state index in [1.54, 1.807) is 0 Å². The van der Waals surface area contributed by atoms with Crippen LogP contribution in [0.5, 0.6) is 0 Å². The van der Waals surface area contributed by atoms with Gasteiger partial charge in [0.2, 0.25) is 5.91 Å². The van der Waals surface area contributed by atoms with Gasteiger partial charge in [-0.2, -0.15) is 0 Å². The molecule has 2 saturated carbocycles. The molecular formula is C16H31N3O. The number of likely N-dealkylation sites (N-methyl/N-ethyl adjacent to an activating group) is 1. The molecule has 2 rings (SSSR count). The fourth-order valence-corrected chi connectivity index (χ4v) is 3.79. The van der Waals surface area contributed by atoms with Crippen molar-refractivity contribution >= 4 is 5.91 Å². The maximum absolute atomic E-state index is 12.4. The third kappa shape index (κ3) is 3.53. The maximum atomic E-state index is 12.4. The van der Waals surface area contributed by atoms with Crippen LogP contribution in [0.1, 0.15) is 51.4 Å². The molecule has 2 atom stereocenters. The van der Waals surface area contributed by atoms with E-state index in [0.29, 0.717) is 5.92 Å².